The Kier molecular flexibility index (Phi) is 4.54. The molecule has 4 nitrogen and oxygen atoms in total. The van der Waals surface area contributed by atoms with E-state index in [9.17, 15) is 4.79 Å². The van der Waals surface area contributed by atoms with E-state index in [0.29, 0.717) is 5.69 Å². The van der Waals surface area contributed by atoms with E-state index in [0.717, 1.165) is 6.54 Å². The number of rotatable bonds is 5. The van der Waals surface area contributed by atoms with Crippen molar-refractivity contribution in [3.8, 4) is 0 Å². The van der Waals surface area contributed by atoms with Crippen LogP contribution in [0, 0.1) is 0 Å². The van der Waals surface area contributed by atoms with E-state index in [1.54, 1.807) is 11.3 Å². The Morgan fingerprint density at radius 2 is 2.05 bits per heavy atom. The molecule has 1 aromatic heterocycles. The molecule has 1 aromatic carbocycles. The van der Waals surface area contributed by atoms with Gasteiger partial charge in [-0.2, -0.15) is 11.3 Å². The molecular weight excluding hydrogens is 258 g/mol. The first-order valence-electron chi connectivity index (χ1n) is 6.06. The highest BCUT2D eigenvalue weighted by Crippen LogP contribution is 2.17. The van der Waals surface area contributed by atoms with E-state index in [2.05, 4.69) is 34.4 Å². The number of benzene rings is 1. The van der Waals surface area contributed by atoms with Gasteiger partial charge in [-0.25, -0.2) is 4.79 Å². The Morgan fingerprint density at radius 3 is 2.63 bits per heavy atom. The van der Waals surface area contributed by atoms with Crippen LogP contribution in [-0.4, -0.2) is 6.03 Å². The van der Waals surface area contributed by atoms with Crippen LogP contribution in [-0.2, 0) is 6.54 Å². The molecule has 0 radical (unpaired) electrons. The predicted octanol–water partition coefficient (Wildman–Crippen LogP) is 3.09. The highest BCUT2D eigenvalue weighted by Gasteiger charge is 2.05. The highest BCUT2D eigenvalue weighted by atomic mass is 32.1. The first-order valence-corrected chi connectivity index (χ1v) is 7.00. The van der Waals surface area contributed by atoms with E-state index in [-0.39, 0.29) is 6.04 Å². The van der Waals surface area contributed by atoms with Gasteiger partial charge in [-0.1, -0.05) is 12.1 Å². The minimum absolute atomic E-state index is 0.252. The molecule has 1 heterocycles. The van der Waals surface area contributed by atoms with Crippen molar-refractivity contribution < 1.29 is 4.79 Å². The Bertz CT molecular complexity index is 522. The number of hydrogen-bond donors (Lipinski definition) is 3. The van der Waals surface area contributed by atoms with Crippen LogP contribution >= 0.6 is 11.3 Å². The molecule has 0 saturated carbocycles. The van der Waals surface area contributed by atoms with E-state index >= 15 is 0 Å². The Morgan fingerprint density at radius 1 is 1.32 bits per heavy atom. The quantitative estimate of drug-likeness (QED) is 0.785. The monoisotopic (exact) mass is 275 g/mol. The fourth-order valence-corrected chi connectivity index (χ4v) is 2.45. The summed E-state index contributed by atoms with van der Waals surface area (Å²) in [4.78, 5) is 10.7. The predicted molar refractivity (Wildman–Crippen MR) is 79.2 cm³/mol. The maximum Gasteiger partial charge on any atom is 0.316 e. The number of nitrogens with one attached hydrogen (secondary N) is 2. The third-order valence-electron chi connectivity index (χ3n) is 2.87. The molecule has 0 saturated heterocycles. The molecule has 0 fully saturated rings. The molecule has 100 valence electrons. The minimum atomic E-state index is -0.545. The smallest absolute Gasteiger partial charge is 0.316 e. The molecule has 0 aliphatic heterocycles. The number of hydrogen-bond acceptors (Lipinski definition) is 3. The zero-order chi connectivity index (χ0) is 13.7. The molecule has 0 spiro atoms. The van der Waals surface area contributed by atoms with Crippen molar-refractivity contribution in [1.29, 1.82) is 0 Å². The van der Waals surface area contributed by atoms with Crippen molar-refractivity contribution in [2.45, 2.75) is 19.5 Å². The van der Waals surface area contributed by atoms with Gasteiger partial charge in [-0.05, 0) is 47.0 Å². The highest BCUT2D eigenvalue weighted by molar-refractivity contribution is 7.07. The Hall–Kier alpha value is -1.85. The number of urea groups is 1. The lowest BCUT2D eigenvalue weighted by molar-refractivity contribution is 0.259. The van der Waals surface area contributed by atoms with Gasteiger partial charge in [0.05, 0.1) is 0 Å². The largest absolute Gasteiger partial charge is 0.351 e. The summed E-state index contributed by atoms with van der Waals surface area (Å²) in [5.74, 6) is 0. The van der Waals surface area contributed by atoms with Crippen LogP contribution < -0.4 is 16.4 Å². The fourth-order valence-electron chi connectivity index (χ4n) is 1.78. The number of carbonyl (C=O) groups is 1. The second-order valence-corrected chi connectivity index (χ2v) is 5.13. The van der Waals surface area contributed by atoms with Gasteiger partial charge in [-0.3, -0.25) is 0 Å². The Balaban J connectivity index is 1.91. The summed E-state index contributed by atoms with van der Waals surface area (Å²) in [5, 5.41) is 10.2. The van der Waals surface area contributed by atoms with Crippen LogP contribution in [0.15, 0.2) is 41.1 Å². The Labute approximate surface area is 116 Å². The molecule has 2 aromatic rings. The van der Waals surface area contributed by atoms with Gasteiger partial charge in [0, 0.05) is 18.3 Å². The van der Waals surface area contributed by atoms with Crippen LogP contribution in [0.25, 0.3) is 0 Å². The third kappa shape index (κ3) is 4.08. The zero-order valence-corrected chi connectivity index (χ0v) is 11.5. The number of anilines is 1. The van der Waals surface area contributed by atoms with Crippen LogP contribution in [0.4, 0.5) is 10.5 Å². The van der Waals surface area contributed by atoms with Gasteiger partial charge in [-0.15, -0.1) is 0 Å². The third-order valence-corrected chi connectivity index (χ3v) is 3.60. The van der Waals surface area contributed by atoms with Gasteiger partial charge in [0.25, 0.3) is 0 Å². The number of thiophene rings is 1. The topological polar surface area (TPSA) is 67.2 Å². The first kappa shape index (κ1) is 13.6. The van der Waals surface area contributed by atoms with Gasteiger partial charge in [0.2, 0.25) is 0 Å². The number of nitrogens with two attached hydrogens (primary N) is 1. The second kappa shape index (κ2) is 6.36. The molecule has 0 aliphatic rings. The van der Waals surface area contributed by atoms with Gasteiger partial charge in [0.1, 0.15) is 0 Å². The SMILES string of the molecule is CC(NCc1ccsc1)c1ccc(NC(N)=O)cc1. The molecule has 4 N–H and O–H groups in total. The molecule has 0 aliphatic carbocycles. The molecule has 2 amide bonds. The molecule has 1 atom stereocenters. The molecule has 1 unspecified atom stereocenters. The summed E-state index contributed by atoms with van der Waals surface area (Å²) < 4.78 is 0. The molecule has 0 bridgehead atoms. The van der Waals surface area contributed by atoms with Crippen molar-refractivity contribution in [2.24, 2.45) is 5.73 Å². The molecule has 19 heavy (non-hydrogen) atoms. The summed E-state index contributed by atoms with van der Waals surface area (Å²) in [6, 6.07) is 9.49. The van der Waals surface area contributed by atoms with Crippen LogP contribution in [0.2, 0.25) is 0 Å². The van der Waals surface area contributed by atoms with Crippen molar-refractivity contribution in [1.82, 2.24) is 5.32 Å². The molecule has 2 rings (SSSR count). The normalized spacial score (nSPS) is 12.1. The second-order valence-electron chi connectivity index (χ2n) is 4.35. The maximum absolute atomic E-state index is 10.7. The average molecular weight is 275 g/mol. The van der Waals surface area contributed by atoms with Gasteiger partial charge >= 0.3 is 6.03 Å². The van der Waals surface area contributed by atoms with Crippen molar-refractivity contribution in [3.05, 3.63) is 52.2 Å². The van der Waals surface area contributed by atoms with Crippen molar-refractivity contribution in [3.63, 3.8) is 0 Å². The van der Waals surface area contributed by atoms with E-state index in [1.807, 2.05) is 24.3 Å². The van der Waals surface area contributed by atoms with Gasteiger partial charge < -0.3 is 16.4 Å². The number of amides is 2. The minimum Gasteiger partial charge on any atom is -0.351 e. The zero-order valence-electron chi connectivity index (χ0n) is 10.7. The summed E-state index contributed by atoms with van der Waals surface area (Å²) in [5.41, 5.74) is 8.24. The van der Waals surface area contributed by atoms with E-state index in [1.165, 1.54) is 11.1 Å². The van der Waals surface area contributed by atoms with Crippen molar-refractivity contribution in [2.75, 3.05) is 5.32 Å². The lowest BCUT2D eigenvalue weighted by Gasteiger charge is -2.14. The molecule has 5 heteroatoms. The standard InChI is InChI=1S/C14H17N3OS/c1-10(16-8-11-6-7-19-9-11)12-2-4-13(5-3-12)17-14(15)18/h2-7,9-10,16H,8H2,1H3,(H3,15,17,18). The van der Waals surface area contributed by atoms with E-state index < -0.39 is 6.03 Å². The number of primary amides is 1. The summed E-state index contributed by atoms with van der Waals surface area (Å²) in [6.07, 6.45) is 0. The molecular formula is C14H17N3OS. The van der Waals surface area contributed by atoms with Crippen LogP contribution in [0.3, 0.4) is 0 Å². The summed E-state index contributed by atoms with van der Waals surface area (Å²) in [6.45, 7) is 2.97. The lowest BCUT2D eigenvalue weighted by Crippen LogP contribution is -2.20. The van der Waals surface area contributed by atoms with Gasteiger partial charge in [0.15, 0.2) is 0 Å². The van der Waals surface area contributed by atoms with E-state index in [4.69, 9.17) is 5.73 Å². The number of carbonyl (C=O) groups excluding carboxylic acids is 1. The summed E-state index contributed by atoms with van der Waals surface area (Å²) >= 11 is 1.70. The summed E-state index contributed by atoms with van der Waals surface area (Å²) in [7, 11) is 0. The van der Waals surface area contributed by atoms with Crippen LogP contribution in [0.5, 0.6) is 0 Å². The lowest BCUT2D eigenvalue weighted by atomic mass is 10.1. The fraction of sp³-hybridized carbons (Fsp3) is 0.214. The van der Waals surface area contributed by atoms with Crippen molar-refractivity contribution >= 4 is 23.1 Å². The maximum atomic E-state index is 10.7. The average Bonchev–Trinajstić information content (AvgIpc) is 2.89. The first-order chi connectivity index (χ1) is 9.15. The van der Waals surface area contributed by atoms with Crippen LogP contribution in [0.1, 0.15) is 24.1 Å².